The van der Waals surface area contributed by atoms with Gasteiger partial charge in [0.15, 0.2) is 0 Å². The molecule has 0 saturated heterocycles. The van der Waals surface area contributed by atoms with E-state index in [1.165, 1.54) is 27.5 Å². The maximum absolute atomic E-state index is 8.79. The quantitative estimate of drug-likeness (QED) is 0.657. The maximum Gasteiger partial charge on any atom is 0.0451 e. The number of benzene rings is 2. The van der Waals surface area contributed by atoms with Gasteiger partial charge in [0.1, 0.15) is 0 Å². The Labute approximate surface area is 132 Å². The molecule has 112 valence electrons. The van der Waals surface area contributed by atoms with Crippen molar-refractivity contribution in [3.8, 4) is 0 Å². The van der Waals surface area contributed by atoms with E-state index in [-0.39, 0.29) is 5.41 Å². The Morgan fingerprint density at radius 2 is 1.77 bits per heavy atom. The molecule has 0 spiro atoms. The summed E-state index contributed by atoms with van der Waals surface area (Å²) in [7, 11) is 0. The van der Waals surface area contributed by atoms with Crippen molar-refractivity contribution >= 4 is 22.1 Å². The van der Waals surface area contributed by atoms with E-state index >= 15 is 0 Å². The summed E-state index contributed by atoms with van der Waals surface area (Å²) in [5.74, 6) is 0. The lowest BCUT2D eigenvalue weighted by Crippen LogP contribution is -2.22. The van der Waals surface area contributed by atoms with Crippen molar-refractivity contribution in [1.29, 1.82) is 5.41 Å². The van der Waals surface area contributed by atoms with E-state index in [9.17, 15) is 0 Å². The zero-order valence-corrected chi connectivity index (χ0v) is 13.8. The fraction of sp³-hybridized carbons (Fsp3) is 0.286. The molecule has 1 nitrogen and oxygen atoms in total. The molecule has 0 radical (unpaired) electrons. The Kier molecular flexibility index (Phi) is 3.52. The highest BCUT2D eigenvalue weighted by Crippen LogP contribution is 2.37. The second-order valence-corrected chi connectivity index (χ2v) is 7.10. The molecule has 2 aromatic carbocycles. The fourth-order valence-electron chi connectivity index (χ4n) is 3.10. The first-order valence-corrected chi connectivity index (χ1v) is 7.87. The molecule has 0 atom stereocenters. The first-order valence-electron chi connectivity index (χ1n) is 7.87. The summed E-state index contributed by atoms with van der Waals surface area (Å²) in [6.07, 6.45) is 5.37. The third-order valence-electron chi connectivity index (χ3n) is 4.42. The van der Waals surface area contributed by atoms with Crippen LogP contribution in [0.1, 0.15) is 45.2 Å². The number of allylic oxidation sites excluding steroid dienone is 4. The minimum Gasteiger partial charge on any atom is -0.304 e. The van der Waals surface area contributed by atoms with Crippen LogP contribution in [0.2, 0.25) is 0 Å². The molecule has 0 heterocycles. The first-order chi connectivity index (χ1) is 10.4. The minimum absolute atomic E-state index is 0.167. The predicted molar refractivity (Wildman–Crippen MR) is 96.6 cm³/mol. The number of hydrogen-bond acceptors (Lipinski definition) is 1. The van der Waals surface area contributed by atoms with Gasteiger partial charge >= 0.3 is 0 Å². The van der Waals surface area contributed by atoms with Crippen LogP contribution in [-0.2, 0) is 0 Å². The lowest BCUT2D eigenvalue weighted by atomic mass is 9.80. The van der Waals surface area contributed by atoms with Crippen molar-refractivity contribution in [2.24, 2.45) is 5.41 Å². The van der Waals surface area contributed by atoms with Crippen LogP contribution >= 0.6 is 0 Å². The van der Waals surface area contributed by atoms with Crippen molar-refractivity contribution in [3.05, 3.63) is 65.3 Å². The standard InChI is InChI=1S/C21H23N/c1-14-8-7-11-16(14)18-13-12-15-9-5-6-10-17(15)19(18)20(22)21(2,3)4/h5-10,12-13,22H,11H2,1-4H3. The Morgan fingerprint density at radius 3 is 2.41 bits per heavy atom. The average Bonchev–Trinajstić information content (AvgIpc) is 2.90. The predicted octanol–water partition coefficient (Wildman–Crippen LogP) is 5.99. The van der Waals surface area contributed by atoms with Gasteiger partial charge in [-0.3, -0.25) is 0 Å². The van der Waals surface area contributed by atoms with Gasteiger partial charge in [-0.15, -0.1) is 0 Å². The number of hydrogen-bond donors (Lipinski definition) is 1. The molecule has 0 unspecified atom stereocenters. The van der Waals surface area contributed by atoms with Crippen LogP contribution in [0.3, 0.4) is 0 Å². The Bertz CT molecular complexity index is 813. The Balaban J connectivity index is 2.34. The molecule has 1 aliphatic rings. The van der Waals surface area contributed by atoms with E-state index in [0.29, 0.717) is 5.71 Å². The van der Waals surface area contributed by atoms with Gasteiger partial charge in [-0.1, -0.05) is 69.3 Å². The van der Waals surface area contributed by atoms with Gasteiger partial charge in [-0.25, -0.2) is 0 Å². The van der Waals surface area contributed by atoms with E-state index < -0.39 is 0 Å². The van der Waals surface area contributed by atoms with E-state index in [1.54, 1.807) is 0 Å². The molecular weight excluding hydrogens is 266 g/mol. The average molecular weight is 289 g/mol. The van der Waals surface area contributed by atoms with Crippen LogP contribution in [0.4, 0.5) is 0 Å². The summed E-state index contributed by atoms with van der Waals surface area (Å²) >= 11 is 0. The van der Waals surface area contributed by atoms with Gasteiger partial charge in [0.25, 0.3) is 0 Å². The highest BCUT2D eigenvalue weighted by Gasteiger charge is 2.25. The SMILES string of the molecule is CC1=C(c2ccc3ccccc3c2C(=N)C(C)(C)C)CC=C1. The zero-order valence-electron chi connectivity index (χ0n) is 13.8. The minimum atomic E-state index is -0.167. The van der Waals surface area contributed by atoms with Gasteiger partial charge in [0, 0.05) is 16.7 Å². The van der Waals surface area contributed by atoms with Crippen LogP contribution < -0.4 is 0 Å². The molecule has 0 aromatic heterocycles. The molecule has 0 aliphatic heterocycles. The summed E-state index contributed by atoms with van der Waals surface area (Å²) in [5, 5.41) is 11.2. The summed E-state index contributed by atoms with van der Waals surface area (Å²) < 4.78 is 0. The lowest BCUT2D eigenvalue weighted by molar-refractivity contribution is 0.589. The molecule has 0 amide bonds. The summed E-state index contributed by atoms with van der Waals surface area (Å²) in [6, 6.07) is 12.8. The topological polar surface area (TPSA) is 23.9 Å². The molecule has 0 bridgehead atoms. The van der Waals surface area contributed by atoms with Crippen LogP contribution in [0.25, 0.3) is 16.3 Å². The van der Waals surface area contributed by atoms with Crippen LogP contribution in [0.15, 0.2) is 54.1 Å². The summed E-state index contributed by atoms with van der Waals surface area (Å²) in [6.45, 7) is 8.53. The van der Waals surface area contributed by atoms with Crippen molar-refractivity contribution in [2.75, 3.05) is 0 Å². The molecule has 2 aromatic rings. The molecule has 0 fully saturated rings. The molecule has 1 aliphatic carbocycles. The third kappa shape index (κ3) is 2.41. The normalized spacial score (nSPS) is 14.9. The lowest BCUT2D eigenvalue weighted by Gasteiger charge is -2.24. The molecule has 1 N–H and O–H groups in total. The van der Waals surface area contributed by atoms with Crippen LogP contribution in [0, 0.1) is 10.8 Å². The smallest absolute Gasteiger partial charge is 0.0451 e. The second-order valence-electron chi connectivity index (χ2n) is 7.10. The van der Waals surface area contributed by atoms with Crippen molar-refractivity contribution < 1.29 is 0 Å². The van der Waals surface area contributed by atoms with Gasteiger partial charge < -0.3 is 5.41 Å². The Morgan fingerprint density at radius 1 is 1.05 bits per heavy atom. The maximum atomic E-state index is 8.79. The fourth-order valence-corrected chi connectivity index (χ4v) is 3.10. The van der Waals surface area contributed by atoms with E-state index in [2.05, 4.69) is 76.2 Å². The van der Waals surface area contributed by atoms with Gasteiger partial charge in [0.2, 0.25) is 0 Å². The summed E-state index contributed by atoms with van der Waals surface area (Å²) in [4.78, 5) is 0. The monoisotopic (exact) mass is 289 g/mol. The molecule has 0 saturated carbocycles. The van der Waals surface area contributed by atoms with E-state index in [0.717, 1.165) is 12.0 Å². The highest BCUT2D eigenvalue weighted by molar-refractivity contribution is 6.15. The Hall–Kier alpha value is -2.15. The van der Waals surface area contributed by atoms with Crippen molar-refractivity contribution in [2.45, 2.75) is 34.1 Å². The summed E-state index contributed by atoms with van der Waals surface area (Å²) in [5.41, 5.74) is 5.54. The number of rotatable bonds is 2. The molecule has 1 heteroatoms. The largest absolute Gasteiger partial charge is 0.304 e. The molecule has 3 rings (SSSR count). The third-order valence-corrected chi connectivity index (χ3v) is 4.42. The van der Waals surface area contributed by atoms with Crippen molar-refractivity contribution in [1.82, 2.24) is 0 Å². The van der Waals surface area contributed by atoms with Crippen LogP contribution in [-0.4, -0.2) is 5.71 Å². The molecule has 22 heavy (non-hydrogen) atoms. The van der Waals surface area contributed by atoms with Gasteiger partial charge in [0.05, 0.1) is 0 Å². The number of nitrogens with one attached hydrogen (secondary N) is 1. The first kappa shape index (κ1) is 14.8. The van der Waals surface area contributed by atoms with Gasteiger partial charge in [-0.2, -0.15) is 0 Å². The molecular formula is C21H23N. The van der Waals surface area contributed by atoms with E-state index in [1.807, 2.05) is 0 Å². The van der Waals surface area contributed by atoms with Crippen LogP contribution in [0.5, 0.6) is 0 Å². The zero-order chi connectivity index (χ0) is 15.9. The highest BCUT2D eigenvalue weighted by atomic mass is 14.5. The van der Waals surface area contributed by atoms with E-state index in [4.69, 9.17) is 5.41 Å². The number of fused-ring (bicyclic) bond motifs is 1. The van der Waals surface area contributed by atoms with Crippen molar-refractivity contribution in [3.63, 3.8) is 0 Å². The van der Waals surface area contributed by atoms with Gasteiger partial charge in [-0.05, 0) is 40.8 Å². The second kappa shape index (κ2) is 5.24.